The summed E-state index contributed by atoms with van der Waals surface area (Å²) in [7, 11) is 0. The minimum atomic E-state index is -1.41. The van der Waals surface area contributed by atoms with Crippen LogP contribution in [0.4, 0.5) is 0 Å². The van der Waals surface area contributed by atoms with Gasteiger partial charge in [-0.05, 0) is 0 Å². The van der Waals surface area contributed by atoms with E-state index < -0.39 is 5.79 Å². The first kappa shape index (κ1) is 12.6. The van der Waals surface area contributed by atoms with Gasteiger partial charge in [-0.3, -0.25) is 0 Å². The molecule has 2 unspecified atom stereocenters. The van der Waals surface area contributed by atoms with Crippen molar-refractivity contribution in [2.75, 3.05) is 13.1 Å². The van der Waals surface area contributed by atoms with Gasteiger partial charge >= 0.3 is 114 Å². The molecule has 2 aliphatic rings. The summed E-state index contributed by atoms with van der Waals surface area (Å²) in [5.74, 6) is -1.31. The normalized spacial score (nSPS) is 31.2. The van der Waals surface area contributed by atoms with Crippen LogP contribution < -0.4 is 0 Å². The molecule has 2 fully saturated rings. The molecule has 1 aromatic carbocycles. The van der Waals surface area contributed by atoms with E-state index in [0.29, 0.717) is 15.0 Å². The summed E-state index contributed by atoms with van der Waals surface area (Å²) in [5.41, 5.74) is 1.31. The van der Waals surface area contributed by atoms with Gasteiger partial charge in [-0.25, -0.2) is 0 Å². The van der Waals surface area contributed by atoms with Gasteiger partial charge in [0.25, 0.3) is 0 Å². The number of piperidine rings is 1. The van der Waals surface area contributed by atoms with Gasteiger partial charge in [-0.1, -0.05) is 0 Å². The summed E-state index contributed by atoms with van der Waals surface area (Å²) in [4.78, 5) is 2.38. The van der Waals surface area contributed by atoms with Crippen LogP contribution in [-0.4, -0.2) is 48.9 Å². The van der Waals surface area contributed by atoms with Crippen LogP contribution in [0.2, 0.25) is 10.6 Å². The SMILES string of the molecule is OC1(O)C2C[Se]CC1CN(Cc1ccccc1)C2. The minimum absolute atomic E-state index is 0.0497. The van der Waals surface area contributed by atoms with Gasteiger partial charge in [-0.2, -0.15) is 0 Å². The van der Waals surface area contributed by atoms with Crippen molar-refractivity contribution in [3.63, 3.8) is 0 Å². The fourth-order valence-corrected chi connectivity index (χ4v) is 5.92. The first-order valence-corrected chi connectivity index (χ1v) is 8.87. The van der Waals surface area contributed by atoms with E-state index in [1.807, 2.05) is 6.07 Å². The zero-order valence-electron chi connectivity index (χ0n) is 10.3. The first-order valence-electron chi connectivity index (χ1n) is 6.45. The summed E-state index contributed by atoms with van der Waals surface area (Å²) in [5, 5.41) is 22.4. The molecule has 98 valence electrons. The predicted molar refractivity (Wildman–Crippen MR) is 71.2 cm³/mol. The Morgan fingerprint density at radius 3 is 2.33 bits per heavy atom. The molecule has 2 saturated heterocycles. The number of rotatable bonds is 2. The third-order valence-electron chi connectivity index (χ3n) is 4.05. The third-order valence-corrected chi connectivity index (χ3v) is 6.72. The van der Waals surface area contributed by atoms with E-state index in [4.69, 9.17) is 0 Å². The molecule has 0 saturated carbocycles. The molecule has 18 heavy (non-hydrogen) atoms. The number of aliphatic hydroxyl groups is 2. The molecule has 2 atom stereocenters. The second-order valence-corrected chi connectivity index (χ2v) is 7.65. The molecule has 2 bridgehead atoms. The van der Waals surface area contributed by atoms with Gasteiger partial charge in [0.2, 0.25) is 0 Å². The van der Waals surface area contributed by atoms with E-state index in [2.05, 4.69) is 29.2 Å². The van der Waals surface area contributed by atoms with Crippen molar-refractivity contribution in [2.24, 2.45) is 11.8 Å². The first-order chi connectivity index (χ1) is 8.66. The van der Waals surface area contributed by atoms with E-state index in [1.165, 1.54) is 5.56 Å². The van der Waals surface area contributed by atoms with Crippen LogP contribution in [0.25, 0.3) is 0 Å². The van der Waals surface area contributed by atoms with Crippen LogP contribution in [0, 0.1) is 11.8 Å². The Kier molecular flexibility index (Phi) is 3.48. The monoisotopic (exact) mass is 313 g/mol. The van der Waals surface area contributed by atoms with Crippen LogP contribution in [-0.2, 0) is 6.54 Å². The number of nitrogens with zero attached hydrogens (tertiary/aromatic N) is 1. The molecule has 2 heterocycles. The van der Waals surface area contributed by atoms with Crippen molar-refractivity contribution in [3.05, 3.63) is 35.9 Å². The Morgan fingerprint density at radius 1 is 1.11 bits per heavy atom. The number of hydrogen-bond donors (Lipinski definition) is 2. The second-order valence-electron chi connectivity index (χ2n) is 5.39. The molecular weight excluding hydrogens is 293 g/mol. The average Bonchev–Trinajstić information content (AvgIpc) is 2.31. The molecular formula is C14H19NO2Se. The summed E-state index contributed by atoms with van der Waals surface area (Å²) in [6.07, 6.45) is 0. The quantitative estimate of drug-likeness (QED) is 0.632. The van der Waals surface area contributed by atoms with Crippen LogP contribution in [0.3, 0.4) is 0 Å². The Balaban J connectivity index is 1.70. The number of likely N-dealkylation sites (tertiary alicyclic amines) is 1. The fraction of sp³-hybridized carbons (Fsp3) is 0.571. The number of benzene rings is 1. The van der Waals surface area contributed by atoms with E-state index in [-0.39, 0.29) is 11.8 Å². The van der Waals surface area contributed by atoms with Gasteiger partial charge in [0.15, 0.2) is 0 Å². The molecule has 2 aliphatic heterocycles. The Bertz CT molecular complexity index is 394. The van der Waals surface area contributed by atoms with Crippen molar-refractivity contribution in [1.82, 2.24) is 4.90 Å². The van der Waals surface area contributed by atoms with Crippen molar-refractivity contribution in [1.29, 1.82) is 0 Å². The second kappa shape index (κ2) is 4.95. The Hall–Kier alpha value is -0.381. The standard InChI is InChI=1S/C14H19NO2Se/c16-14(17)12-7-15(8-13(14)10-18-9-12)6-11-4-2-1-3-5-11/h1-5,12-13,16-17H,6-10H2. The molecule has 0 amide bonds. The molecule has 0 aromatic heterocycles. The maximum atomic E-state index is 10.2. The van der Waals surface area contributed by atoms with Crippen molar-refractivity contribution in [3.8, 4) is 0 Å². The summed E-state index contributed by atoms with van der Waals surface area (Å²) < 4.78 is 0. The fourth-order valence-electron chi connectivity index (χ4n) is 2.97. The summed E-state index contributed by atoms with van der Waals surface area (Å²) in [6.45, 7) is 2.57. The van der Waals surface area contributed by atoms with Crippen molar-refractivity contribution < 1.29 is 10.2 Å². The van der Waals surface area contributed by atoms with Gasteiger partial charge in [-0.15, -0.1) is 0 Å². The van der Waals surface area contributed by atoms with Gasteiger partial charge in [0.1, 0.15) is 0 Å². The van der Waals surface area contributed by atoms with Crippen LogP contribution in [0.15, 0.2) is 30.3 Å². The van der Waals surface area contributed by atoms with Gasteiger partial charge in [0, 0.05) is 0 Å². The average molecular weight is 312 g/mol. The molecule has 3 nitrogen and oxygen atoms in total. The molecule has 3 rings (SSSR count). The van der Waals surface area contributed by atoms with Gasteiger partial charge < -0.3 is 0 Å². The van der Waals surface area contributed by atoms with Crippen LogP contribution in [0.5, 0.6) is 0 Å². The van der Waals surface area contributed by atoms with Crippen molar-refractivity contribution >= 4 is 15.0 Å². The van der Waals surface area contributed by atoms with E-state index in [0.717, 1.165) is 30.3 Å². The molecule has 4 heteroatoms. The zero-order valence-corrected chi connectivity index (χ0v) is 12.0. The number of hydrogen-bond acceptors (Lipinski definition) is 3. The zero-order chi connectivity index (χ0) is 12.6. The summed E-state index contributed by atoms with van der Waals surface area (Å²) >= 11 is 0.600. The van der Waals surface area contributed by atoms with E-state index in [1.54, 1.807) is 0 Å². The molecule has 1 aromatic rings. The van der Waals surface area contributed by atoms with Gasteiger partial charge in [0.05, 0.1) is 0 Å². The maximum absolute atomic E-state index is 10.2. The predicted octanol–water partition coefficient (Wildman–Crippen LogP) is 0.970. The Labute approximate surface area is 114 Å². The van der Waals surface area contributed by atoms with E-state index >= 15 is 0 Å². The molecule has 0 spiro atoms. The number of fused-ring (bicyclic) bond motifs is 2. The third kappa shape index (κ3) is 2.36. The van der Waals surface area contributed by atoms with Crippen molar-refractivity contribution in [2.45, 2.75) is 23.0 Å². The molecule has 2 N–H and O–H groups in total. The van der Waals surface area contributed by atoms with Crippen LogP contribution >= 0.6 is 0 Å². The Morgan fingerprint density at radius 2 is 1.72 bits per heavy atom. The molecule has 0 radical (unpaired) electrons. The molecule has 0 aliphatic carbocycles. The van der Waals surface area contributed by atoms with E-state index in [9.17, 15) is 10.2 Å². The van der Waals surface area contributed by atoms with Crippen LogP contribution in [0.1, 0.15) is 5.56 Å². The summed E-state index contributed by atoms with van der Waals surface area (Å²) in [6, 6.07) is 10.4. The topological polar surface area (TPSA) is 43.7 Å².